The Morgan fingerprint density at radius 2 is 2.21 bits per heavy atom. The summed E-state index contributed by atoms with van der Waals surface area (Å²) in [7, 11) is 1.75. The Balaban J connectivity index is 2.28. The van der Waals surface area contributed by atoms with E-state index < -0.39 is 6.10 Å². The van der Waals surface area contributed by atoms with E-state index in [0.29, 0.717) is 21.6 Å². The Morgan fingerprint density at radius 1 is 1.53 bits per heavy atom. The van der Waals surface area contributed by atoms with E-state index >= 15 is 0 Å². The number of aromatic nitrogens is 2. The van der Waals surface area contributed by atoms with Gasteiger partial charge in [0.15, 0.2) is 0 Å². The first kappa shape index (κ1) is 14.5. The maximum absolute atomic E-state index is 13.0. The zero-order valence-electron chi connectivity index (χ0n) is 10.5. The van der Waals surface area contributed by atoms with E-state index in [4.69, 9.17) is 11.6 Å². The summed E-state index contributed by atoms with van der Waals surface area (Å²) in [6.45, 7) is 1.84. The molecule has 102 valence electrons. The molecule has 2 aromatic rings. The number of halogens is 3. The molecule has 1 aromatic carbocycles. The summed E-state index contributed by atoms with van der Waals surface area (Å²) in [6.07, 6.45) is -0.432. The highest BCUT2D eigenvalue weighted by Crippen LogP contribution is 2.30. The average Bonchev–Trinajstić information content (AvgIpc) is 2.56. The Labute approximate surface area is 124 Å². The van der Waals surface area contributed by atoms with Crippen LogP contribution in [0.2, 0.25) is 5.15 Å². The minimum atomic E-state index is -0.768. The van der Waals surface area contributed by atoms with Gasteiger partial charge in [0.25, 0.3) is 0 Å². The van der Waals surface area contributed by atoms with Crippen LogP contribution in [-0.4, -0.2) is 14.9 Å². The van der Waals surface area contributed by atoms with Gasteiger partial charge in [-0.25, -0.2) is 4.39 Å². The molecule has 0 radical (unpaired) electrons. The van der Waals surface area contributed by atoms with E-state index in [0.717, 1.165) is 11.3 Å². The molecule has 0 amide bonds. The number of nitrogens with zero attached hydrogens (tertiary/aromatic N) is 2. The normalized spacial score (nSPS) is 12.7. The van der Waals surface area contributed by atoms with Crippen LogP contribution in [0.15, 0.2) is 22.7 Å². The van der Waals surface area contributed by atoms with Gasteiger partial charge >= 0.3 is 0 Å². The minimum Gasteiger partial charge on any atom is -0.388 e. The molecule has 0 saturated carbocycles. The van der Waals surface area contributed by atoms with Crippen LogP contribution in [-0.2, 0) is 13.5 Å². The lowest BCUT2D eigenvalue weighted by atomic mass is 10.0. The first-order chi connectivity index (χ1) is 8.90. The molecule has 0 aliphatic rings. The number of aliphatic hydroxyl groups is 1. The quantitative estimate of drug-likeness (QED) is 0.922. The van der Waals surface area contributed by atoms with Crippen molar-refractivity contribution < 1.29 is 9.50 Å². The number of hydrogen-bond acceptors (Lipinski definition) is 2. The highest BCUT2D eigenvalue weighted by Gasteiger charge is 2.18. The molecule has 0 spiro atoms. The van der Waals surface area contributed by atoms with Crippen molar-refractivity contribution in [1.82, 2.24) is 9.78 Å². The second kappa shape index (κ2) is 5.61. The van der Waals surface area contributed by atoms with Crippen molar-refractivity contribution in [2.75, 3.05) is 0 Å². The fourth-order valence-corrected chi connectivity index (χ4v) is 2.85. The number of aliphatic hydroxyl groups excluding tert-OH is 1. The van der Waals surface area contributed by atoms with Crippen LogP contribution in [0.4, 0.5) is 4.39 Å². The molecule has 0 saturated heterocycles. The Morgan fingerprint density at radius 3 is 2.74 bits per heavy atom. The average molecular weight is 348 g/mol. The molecule has 0 aliphatic heterocycles. The van der Waals surface area contributed by atoms with Gasteiger partial charge < -0.3 is 5.11 Å². The van der Waals surface area contributed by atoms with Crippen LogP contribution >= 0.6 is 27.5 Å². The van der Waals surface area contributed by atoms with E-state index in [9.17, 15) is 9.50 Å². The third kappa shape index (κ3) is 2.99. The van der Waals surface area contributed by atoms with E-state index in [-0.39, 0.29) is 5.82 Å². The Hall–Kier alpha value is -0.910. The van der Waals surface area contributed by atoms with Gasteiger partial charge in [0.1, 0.15) is 11.0 Å². The molecule has 2 rings (SSSR count). The summed E-state index contributed by atoms with van der Waals surface area (Å²) in [5, 5.41) is 15.0. The van der Waals surface area contributed by atoms with Crippen molar-refractivity contribution in [3.63, 3.8) is 0 Å². The van der Waals surface area contributed by atoms with E-state index in [1.165, 1.54) is 12.1 Å². The van der Waals surface area contributed by atoms with Crippen LogP contribution in [0.5, 0.6) is 0 Å². The first-order valence-electron chi connectivity index (χ1n) is 5.71. The van der Waals surface area contributed by atoms with Gasteiger partial charge in [-0.3, -0.25) is 4.68 Å². The highest BCUT2D eigenvalue weighted by atomic mass is 79.9. The number of rotatable bonds is 3. The lowest BCUT2D eigenvalue weighted by Gasteiger charge is -2.13. The predicted octanol–water partition coefficient (Wildman–Crippen LogP) is 3.56. The topological polar surface area (TPSA) is 38.0 Å². The van der Waals surface area contributed by atoms with Crippen molar-refractivity contribution in [1.29, 1.82) is 0 Å². The summed E-state index contributed by atoms with van der Waals surface area (Å²) >= 11 is 9.38. The Bertz CT molecular complexity index is 615. The second-order valence-corrected chi connectivity index (χ2v) is 5.58. The fourth-order valence-electron chi connectivity index (χ4n) is 1.98. The van der Waals surface area contributed by atoms with Gasteiger partial charge in [-0.15, -0.1) is 0 Å². The maximum Gasteiger partial charge on any atom is 0.130 e. The lowest BCUT2D eigenvalue weighted by Crippen LogP contribution is -2.04. The number of aryl methyl sites for hydroxylation is 2. The van der Waals surface area contributed by atoms with Crippen molar-refractivity contribution in [3.05, 3.63) is 50.5 Å². The molecular weight excluding hydrogens is 335 g/mol. The minimum absolute atomic E-state index is 0.336. The van der Waals surface area contributed by atoms with Gasteiger partial charge in [0, 0.05) is 23.5 Å². The SMILES string of the molecule is Cc1nn(C)c(Cl)c1CC(O)c1ccc(F)cc1Br. The van der Waals surface area contributed by atoms with Gasteiger partial charge in [0.05, 0.1) is 11.8 Å². The summed E-state index contributed by atoms with van der Waals surface area (Å²) < 4.78 is 15.1. The van der Waals surface area contributed by atoms with Crippen LogP contribution in [0.1, 0.15) is 22.9 Å². The Kier molecular flexibility index (Phi) is 4.28. The standard InChI is InChI=1S/C13H13BrClFN2O/c1-7-10(13(15)18(2)17-7)6-12(19)9-4-3-8(16)5-11(9)14/h3-5,12,19H,6H2,1-2H3. The van der Waals surface area contributed by atoms with E-state index in [1.54, 1.807) is 17.8 Å². The van der Waals surface area contributed by atoms with Crippen molar-refractivity contribution in [2.24, 2.45) is 7.05 Å². The predicted molar refractivity (Wildman–Crippen MR) is 75.7 cm³/mol. The lowest BCUT2D eigenvalue weighted by molar-refractivity contribution is 0.177. The number of hydrogen-bond donors (Lipinski definition) is 1. The first-order valence-corrected chi connectivity index (χ1v) is 6.88. The molecule has 1 heterocycles. The molecule has 0 aliphatic carbocycles. The third-order valence-electron chi connectivity index (χ3n) is 2.99. The summed E-state index contributed by atoms with van der Waals surface area (Å²) in [4.78, 5) is 0. The van der Waals surface area contributed by atoms with Gasteiger partial charge in [-0.1, -0.05) is 33.6 Å². The fraction of sp³-hybridized carbons (Fsp3) is 0.308. The molecule has 1 aromatic heterocycles. The largest absolute Gasteiger partial charge is 0.388 e. The highest BCUT2D eigenvalue weighted by molar-refractivity contribution is 9.10. The molecule has 1 unspecified atom stereocenters. The number of benzene rings is 1. The molecule has 0 bridgehead atoms. The van der Waals surface area contributed by atoms with Gasteiger partial charge in [-0.05, 0) is 24.6 Å². The molecule has 19 heavy (non-hydrogen) atoms. The maximum atomic E-state index is 13.0. The van der Waals surface area contributed by atoms with Gasteiger partial charge in [-0.2, -0.15) is 5.10 Å². The van der Waals surface area contributed by atoms with Crippen molar-refractivity contribution in [3.8, 4) is 0 Å². The summed E-state index contributed by atoms with van der Waals surface area (Å²) in [5.74, 6) is -0.349. The molecule has 1 N–H and O–H groups in total. The molecule has 1 atom stereocenters. The van der Waals surface area contributed by atoms with Crippen LogP contribution in [0.3, 0.4) is 0 Å². The molecule has 3 nitrogen and oxygen atoms in total. The summed E-state index contributed by atoms with van der Waals surface area (Å²) in [6, 6.07) is 4.21. The molecule has 6 heteroatoms. The third-order valence-corrected chi connectivity index (χ3v) is 4.15. The smallest absolute Gasteiger partial charge is 0.130 e. The second-order valence-electron chi connectivity index (χ2n) is 4.36. The van der Waals surface area contributed by atoms with E-state index in [2.05, 4.69) is 21.0 Å². The zero-order chi connectivity index (χ0) is 14.2. The van der Waals surface area contributed by atoms with Crippen LogP contribution in [0.25, 0.3) is 0 Å². The van der Waals surface area contributed by atoms with Crippen molar-refractivity contribution in [2.45, 2.75) is 19.4 Å². The zero-order valence-corrected chi connectivity index (χ0v) is 12.8. The molecule has 0 fully saturated rings. The van der Waals surface area contributed by atoms with Crippen LogP contribution < -0.4 is 0 Å². The summed E-state index contributed by atoms with van der Waals surface area (Å²) in [5.41, 5.74) is 2.21. The van der Waals surface area contributed by atoms with Crippen molar-refractivity contribution >= 4 is 27.5 Å². The van der Waals surface area contributed by atoms with Gasteiger partial charge in [0.2, 0.25) is 0 Å². The molecular formula is C13H13BrClFN2O. The van der Waals surface area contributed by atoms with Crippen LogP contribution in [0, 0.1) is 12.7 Å². The monoisotopic (exact) mass is 346 g/mol. The van der Waals surface area contributed by atoms with E-state index in [1.807, 2.05) is 6.92 Å².